The van der Waals surface area contributed by atoms with Crippen molar-refractivity contribution >= 4 is 0 Å². The molecule has 27 heavy (non-hydrogen) atoms. The van der Waals surface area contributed by atoms with E-state index in [0.29, 0.717) is 12.2 Å². The number of epoxide rings is 2. The molecule has 0 spiro atoms. The van der Waals surface area contributed by atoms with Crippen LogP contribution in [0, 0.1) is 0 Å². The van der Waals surface area contributed by atoms with Gasteiger partial charge in [0.1, 0.15) is 11.5 Å². The highest BCUT2D eigenvalue weighted by atomic mass is 16.6. The maximum absolute atomic E-state index is 6.45. The second-order valence-electron chi connectivity index (χ2n) is 7.19. The van der Waals surface area contributed by atoms with Gasteiger partial charge in [0.05, 0.1) is 25.4 Å². The van der Waals surface area contributed by atoms with Crippen molar-refractivity contribution < 1.29 is 14.2 Å². The Balaban J connectivity index is 1.66. The third-order valence-electron chi connectivity index (χ3n) is 5.08. The first kappa shape index (κ1) is 18.0. The quantitative estimate of drug-likeness (QED) is 0.449. The molecule has 0 aliphatic carbocycles. The van der Waals surface area contributed by atoms with E-state index in [0.717, 1.165) is 50.4 Å². The molecule has 0 saturated carbocycles. The minimum Gasteiger partial charge on any atom is -0.457 e. The lowest BCUT2D eigenvalue weighted by atomic mass is 9.98. The second-order valence-corrected chi connectivity index (χ2v) is 7.19. The first-order valence-electron chi connectivity index (χ1n) is 9.63. The fourth-order valence-electron chi connectivity index (χ4n) is 3.53. The molecular weight excluding hydrogens is 336 g/mol. The number of ether oxygens (including phenoxy) is 3. The van der Waals surface area contributed by atoms with Gasteiger partial charge in [0.25, 0.3) is 0 Å². The fraction of sp³-hybridized carbons (Fsp3) is 0.333. The summed E-state index contributed by atoms with van der Waals surface area (Å²) in [6.45, 7) is 9.56. The lowest BCUT2D eigenvalue weighted by Gasteiger charge is -2.18. The Morgan fingerprint density at radius 1 is 0.815 bits per heavy atom. The lowest BCUT2D eigenvalue weighted by molar-refractivity contribution is 0.406. The Hall–Kier alpha value is -2.36. The van der Waals surface area contributed by atoms with Crippen LogP contribution in [0.1, 0.15) is 22.3 Å². The van der Waals surface area contributed by atoms with E-state index < -0.39 is 0 Å². The van der Waals surface area contributed by atoms with E-state index in [1.54, 1.807) is 0 Å². The molecule has 0 radical (unpaired) electrons. The molecule has 0 N–H and O–H groups in total. The summed E-state index contributed by atoms with van der Waals surface area (Å²) in [5, 5.41) is 0. The van der Waals surface area contributed by atoms with Crippen LogP contribution in [0.25, 0.3) is 0 Å². The summed E-state index contributed by atoms with van der Waals surface area (Å²) in [5.41, 5.74) is 4.96. The Kier molecular flexibility index (Phi) is 5.42. The average molecular weight is 362 g/mol. The number of hydrogen-bond donors (Lipinski definition) is 0. The van der Waals surface area contributed by atoms with Gasteiger partial charge in [-0.15, -0.1) is 13.2 Å². The van der Waals surface area contributed by atoms with Gasteiger partial charge in [-0.05, 0) is 36.1 Å². The summed E-state index contributed by atoms with van der Waals surface area (Å²) < 4.78 is 17.3. The van der Waals surface area contributed by atoms with Crippen molar-refractivity contribution in [2.24, 2.45) is 0 Å². The van der Waals surface area contributed by atoms with E-state index in [1.165, 1.54) is 22.3 Å². The van der Waals surface area contributed by atoms with Gasteiger partial charge in [0.15, 0.2) is 0 Å². The SMILES string of the molecule is C=CCc1c(CC2CO2)cccc1Oc1cccc(CC2CO2)c1CC=C. The smallest absolute Gasteiger partial charge is 0.131 e. The maximum Gasteiger partial charge on any atom is 0.131 e. The summed E-state index contributed by atoms with van der Waals surface area (Å²) in [6.07, 6.45) is 7.99. The van der Waals surface area contributed by atoms with Gasteiger partial charge in [-0.25, -0.2) is 0 Å². The molecule has 2 atom stereocenters. The van der Waals surface area contributed by atoms with Crippen molar-refractivity contribution in [3.05, 3.63) is 84.0 Å². The monoisotopic (exact) mass is 362 g/mol. The molecule has 2 aliphatic rings. The van der Waals surface area contributed by atoms with Crippen molar-refractivity contribution in [3.8, 4) is 11.5 Å². The molecule has 0 bridgehead atoms. The molecule has 2 unspecified atom stereocenters. The van der Waals surface area contributed by atoms with Crippen LogP contribution in [-0.4, -0.2) is 25.4 Å². The average Bonchev–Trinajstić information content (AvgIpc) is 3.57. The van der Waals surface area contributed by atoms with Crippen LogP contribution in [0.15, 0.2) is 61.7 Å². The predicted molar refractivity (Wildman–Crippen MR) is 108 cm³/mol. The molecule has 0 aromatic heterocycles. The van der Waals surface area contributed by atoms with Crippen molar-refractivity contribution in [2.45, 2.75) is 37.9 Å². The van der Waals surface area contributed by atoms with Gasteiger partial charge in [0.2, 0.25) is 0 Å². The van der Waals surface area contributed by atoms with Crippen LogP contribution in [0.2, 0.25) is 0 Å². The predicted octanol–water partition coefficient (Wildman–Crippen LogP) is 4.82. The highest BCUT2D eigenvalue weighted by Crippen LogP contribution is 2.34. The summed E-state index contributed by atoms with van der Waals surface area (Å²) in [4.78, 5) is 0. The Labute approximate surface area is 161 Å². The number of hydrogen-bond acceptors (Lipinski definition) is 3. The topological polar surface area (TPSA) is 34.3 Å². The molecule has 2 fully saturated rings. The van der Waals surface area contributed by atoms with Crippen molar-refractivity contribution in [1.29, 1.82) is 0 Å². The second kappa shape index (κ2) is 8.12. The van der Waals surface area contributed by atoms with E-state index in [-0.39, 0.29) is 0 Å². The zero-order valence-corrected chi connectivity index (χ0v) is 15.7. The number of allylic oxidation sites excluding steroid dienone is 2. The van der Waals surface area contributed by atoms with E-state index >= 15 is 0 Å². The van der Waals surface area contributed by atoms with Crippen molar-refractivity contribution in [2.75, 3.05) is 13.2 Å². The van der Waals surface area contributed by atoms with Crippen molar-refractivity contribution in [1.82, 2.24) is 0 Å². The Bertz CT molecular complexity index is 762. The standard InChI is InChI=1S/C24H26O3/c1-3-7-21-17(13-19-15-25-19)9-5-11-23(21)27-24-12-6-10-18(14-20-16-26-20)22(24)8-4-2/h3-6,9-12,19-20H,1-2,7-8,13-16H2. The molecule has 2 saturated heterocycles. The van der Waals surface area contributed by atoms with Gasteiger partial charge in [0, 0.05) is 24.0 Å². The third-order valence-corrected chi connectivity index (χ3v) is 5.08. The van der Waals surface area contributed by atoms with Crippen LogP contribution in [0.5, 0.6) is 11.5 Å². The molecule has 2 aromatic rings. The molecule has 2 aliphatic heterocycles. The fourth-order valence-corrected chi connectivity index (χ4v) is 3.53. The minimum atomic E-state index is 0.349. The summed E-state index contributed by atoms with van der Waals surface area (Å²) in [6, 6.07) is 12.6. The van der Waals surface area contributed by atoms with E-state index in [1.807, 2.05) is 24.3 Å². The van der Waals surface area contributed by atoms with Gasteiger partial charge < -0.3 is 14.2 Å². The lowest BCUT2D eigenvalue weighted by Crippen LogP contribution is -2.04. The summed E-state index contributed by atoms with van der Waals surface area (Å²) >= 11 is 0. The van der Waals surface area contributed by atoms with Gasteiger partial charge in [-0.3, -0.25) is 0 Å². The first-order chi connectivity index (χ1) is 13.3. The number of rotatable bonds is 10. The molecule has 140 valence electrons. The van der Waals surface area contributed by atoms with Crippen LogP contribution in [0.3, 0.4) is 0 Å². The van der Waals surface area contributed by atoms with Gasteiger partial charge >= 0.3 is 0 Å². The van der Waals surface area contributed by atoms with Crippen LogP contribution in [0.4, 0.5) is 0 Å². The minimum absolute atomic E-state index is 0.349. The first-order valence-corrected chi connectivity index (χ1v) is 9.63. The largest absolute Gasteiger partial charge is 0.457 e. The highest BCUT2D eigenvalue weighted by Gasteiger charge is 2.26. The molecule has 4 rings (SSSR count). The van der Waals surface area contributed by atoms with Gasteiger partial charge in [-0.1, -0.05) is 36.4 Å². The number of benzene rings is 2. The summed E-state index contributed by atoms with van der Waals surface area (Å²) in [5.74, 6) is 1.80. The molecule has 2 heterocycles. The van der Waals surface area contributed by atoms with E-state index in [4.69, 9.17) is 14.2 Å². The van der Waals surface area contributed by atoms with E-state index in [2.05, 4.69) is 37.4 Å². The molecule has 3 nitrogen and oxygen atoms in total. The van der Waals surface area contributed by atoms with Crippen molar-refractivity contribution in [3.63, 3.8) is 0 Å². The van der Waals surface area contributed by atoms with Crippen LogP contribution < -0.4 is 4.74 Å². The van der Waals surface area contributed by atoms with Crippen LogP contribution >= 0.6 is 0 Å². The Morgan fingerprint density at radius 3 is 1.63 bits per heavy atom. The normalized spacial score (nSPS) is 20.1. The summed E-state index contributed by atoms with van der Waals surface area (Å²) in [7, 11) is 0. The molecule has 0 amide bonds. The Morgan fingerprint density at radius 2 is 1.26 bits per heavy atom. The van der Waals surface area contributed by atoms with Gasteiger partial charge in [-0.2, -0.15) is 0 Å². The zero-order valence-electron chi connectivity index (χ0n) is 15.7. The molecule has 2 aromatic carbocycles. The highest BCUT2D eigenvalue weighted by molar-refractivity contribution is 5.48. The zero-order chi connectivity index (χ0) is 18.6. The third kappa shape index (κ3) is 4.49. The van der Waals surface area contributed by atoms with E-state index in [9.17, 15) is 0 Å². The maximum atomic E-state index is 6.45. The van der Waals surface area contributed by atoms with Crippen LogP contribution in [-0.2, 0) is 35.2 Å². The molecular formula is C24H26O3. The molecule has 3 heteroatoms.